The Morgan fingerprint density at radius 2 is 1.71 bits per heavy atom. The van der Waals surface area contributed by atoms with E-state index in [0.717, 1.165) is 59.6 Å². The fourth-order valence-corrected chi connectivity index (χ4v) is 4.23. The van der Waals surface area contributed by atoms with Crippen molar-refractivity contribution in [3.05, 3.63) is 82.9 Å². The molecule has 1 saturated carbocycles. The van der Waals surface area contributed by atoms with Crippen molar-refractivity contribution in [3.8, 4) is 11.1 Å². The molecule has 1 fully saturated rings. The summed E-state index contributed by atoms with van der Waals surface area (Å²) >= 11 is 0. The highest BCUT2D eigenvalue weighted by molar-refractivity contribution is 6.05. The standard InChI is InChI=1S/C26H23F3N4O2/c1-16-3-5-18(6-4-16)19-9-20(22-12-25(35-33-22)7-2-8-25)11-21(10-19)23(34)30-13-17-14-31-24(32-15-17)26(27,28)29/h3-6,9-11,14-15H,2,7-8,12-13H2,1H3,(H,30,34). The Hall–Kier alpha value is -3.75. The molecular weight excluding hydrogens is 457 g/mol. The molecule has 9 heteroatoms. The average Bonchev–Trinajstić information content (AvgIpc) is 3.29. The molecule has 0 atom stereocenters. The molecule has 2 heterocycles. The smallest absolute Gasteiger partial charge is 0.389 e. The summed E-state index contributed by atoms with van der Waals surface area (Å²) in [7, 11) is 0. The molecule has 2 aliphatic rings. The van der Waals surface area contributed by atoms with Gasteiger partial charge in [-0.2, -0.15) is 13.2 Å². The van der Waals surface area contributed by atoms with Crippen LogP contribution in [-0.4, -0.2) is 27.2 Å². The second-order valence-corrected chi connectivity index (χ2v) is 9.10. The van der Waals surface area contributed by atoms with E-state index >= 15 is 0 Å². The van der Waals surface area contributed by atoms with Crippen molar-refractivity contribution in [1.82, 2.24) is 15.3 Å². The minimum atomic E-state index is -4.61. The molecule has 180 valence electrons. The van der Waals surface area contributed by atoms with E-state index in [2.05, 4.69) is 20.4 Å². The van der Waals surface area contributed by atoms with Crippen LogP contribution in [0, 0.1) is 6.92 Å². The molecule has 1 aliphatic carbocycles. The van der Waals surface area contributed by atoms with Gasteiger partial charge in [0.05, 0.1) is 5.71 Å². The number of alkyl halides is 3. The molecule has 0 saturated heterocycles. The minimum absolute atomic E-state index is 0.00572. The number of halogens is 3. The summed E-state index contributed by atoms with van der Waals surface area (Å²) in [6, 6.07) is 13.6. The van der Waals surface area contributed by atoms with E-state index < -0.39 is 12.0 Å². The van der Waals surface area contributed by atoms with Gasteiger partial charge in [-0.05, 0) is 55.5 Å². The zero-order valence-corrected chi connectivity index (χ0v) is 19.0. The number of amides is 1. The SMILES string of the molecule is Cc1ccc(-c2cc(C(=O)NCc3cnc(C(F)(F)F)nc3)cc(C3=NOC4(CCC4)C3)c2)cc1. The number of carbonyl (C=O) groups excluding carboxylic acids is 1. The van der Waals surface area contributed by atoms with E-state index in [-0.39, 0.29) is 18.1 Å². The van der Waals surface area contributed by atoms with Crippen LogP contribution in [0.25, 0.3) is 11.1 Å². The van der Waals surface area contributed by atoms with Crippen molar-refractivity contribution < 1.29 is 22.8 Å². The second kappa shape index (κ2) is 8.79. The fraction of sp³-hybridized carbons (Fsp3) is 0.308. The van der Waals surface area contributed by atoms with Crippen LogP contribution < -0.4 is 5.32 Å². The molecular formula is C26H23F3N4O2. The van der Waals surface area contributed by atoms with Crippen molar-refractivity contribution in [2.45, 2.75) is 50.9 Å². The summed E-state index contributed by atoms with van der Waals surface area (Å²) in [5.74, 6) is -1.58. The third-order valence-corrected chi connectivity index (χ3v) is 6.43. The van der Waals surface area contributed by atoms with Crippen LogP contribution in [0.1, 0.15) is 58.6 Å². The zero-order chi connectivity index (χ0) is 24.6. The van der Waals surface area contributed by atoms with Gasteiger partial charge in [0.25, 0.3) is 5.91 Å². The van der Waals surface area contributed by atoms with Crippen molar-refractivity contribution in [2.75, 3.05) is 0 Å². The van der Waals surface area contributed by atoms with E-state index in [0.29, 0.717) is 17.5 Å². The molecule has 1 spiro atoms. The maximum absolute atomic E-state index is 13.0. The molecule has 3 aromatic rings. The summed E-state index contributed by atoms with van der Waals surface area (Å²) < 4.78 is 38.0. The zero-order valence-electron chi connectivity index (χ0n) is 19.0. The van der Waals surface area contributed by atoms with Crippen molar-refractivity contribution in [3.63, 3.8) is 0 Å². The highest BCUT2D eigenvalue weighted by Gasteiger charge is 2.45. The number of nitrogens with one attached hydrogen (secondary N) is 1. The molecule has 1 N–H and O–H groups in total. The number of aromatic nitrogens is 2. The largest absolute Gasteiger partial charge is 0.451 e. The number of hydrogen-bond donors (Lipinski definition) is 1. The summed E-state index contributed by atoms with van der Waals surface area (Å²) in [5, 5.41) is 7.08. The number of nitrogens with zero attached hydrogens (tertiary/aromatic N) is 3. The summed E-state index contributed by atoms with van der Waals surface area (Å²) in [5.41, 5.74) is 5.15. The lowest BCUT2D eigenvalue weighted by atomic mass is 9.76. The van der Waals surface area contributed by atoms with E-state index in [9.17, 15) is 18.0 Å². The maximum atomic E-state index is 13.0. The molecule has 1 aromatic heterocycles. The van der Waals surface area contributed by atoms with Gasteiger partial charge in [-0.25, -0.2) is 9.97 Å². The van der Waals surface area contributed by atoms with Crippen LogP contribution >= 0.6 is 0 Å². The van der Waals surface area contributed by atoms with E-state index in [1.807, 2.05) is 37.3 Å². The van der Waals surface area contributed by atoms with Crippen molar-refractivity contribution in [2.24, 2.45) is 5.16 Å². The van der Waals surface area contributed by atoms with Crippen LogP contribution in [0.5, 0.6) is 0 Å². The minimum Gasteiger partial charge on any atom is -0.389 e. The molecule has 0 unspecified atom stereocenters. The summed E-state index contributed by atoms with van der Waals surface area (Å²) in [6.07, 6.45) is 1.28. The normalized spacial score (nSPS) is 16.4. The summed E-state index contributed by atoms with van der Waals surface area (Å²) in [4.78, 5) is 25.5. The maximum Gasteiger partial charge on any atom is 0.451 e. The molecule has 1 amide bonds. The molecule has 35 heavy (non-hydrogen) atoms. The first kappa shape index (κ1) is 23.0. The van der Waals surface area contributed by atoms with Gasteiger partial charge in [-0.15, -0.1) is 0 Å². The molecule has 5 rings (SSSR count). The molecule has 2 aromatic carbocycles. The van der Waals surface area contributed by atoms with Crippen LogP contribution in [0.2, 0.25) is 0 Å². The third kappa shape index (κ3) is 4.89. The van der Waals surface area contributed by atoms with Gasteiger partial charge in [0.1, 0.15) is 5.60 Å². The van der Waals surface area contributed by atoms with Crippen LogP contribution in [-0.2, 0) is 17.6 Å². The van der Waals surface area contributed by atoms with Gasteiger partial charge < -0.3 is 10.2 Å². The number of aryl methyl sites for hydroxylation is 1. The van der Waals surface area contributed by atoms with Crippen LogP contribution in [0.4, 0.5) is 13.2 Å². The van der Waals surface area contributed by atoms with Crippen molar-refractivity contribution in [1.29, 1.82) is 0 Å². The average molecular weight is 480 g/mol. The molecule has 6 nitrogen and oxygen atoms in total. The van der Waals surface area contributed by atoms with E-state index in [1.165, 1.54) is 0 Å². The first-order valence-corrected chi connectivity index (χ1v) is 11.3. The second-order valence-electron chi connectivity index (χ2n) is 9.10. The van der Waals surface area contributed by atoms with Gasteiger partial charge in [0.2, 0.25) is 5.82 Å². The lowest BCUT2D eigenvalue weighted by Gasteiger charge is -2.34. The quantitative estimate of drug-likeness (QED) is 0.527. The van der Waals surface area contributed by atoms with Crippen molar-refractivity contribution >= 4 is 11.6 Å². The molecule has 1 aliphatic heterocycles. The van der Waals surface area contributed by atoms with Gasteiger partial charge in [0.15, 0.2) is 0 Å². The van der Waals surface area contributed by atoms with Crippen LogP contribution in [0.3, 0.4) is 0 Å². The topological polar surface area (TPSA) is 76.5 Å². The lowest BCUT2D eigenvalue weighted by molar-refractivity contribution is -0.145. The van der Waals surface area contributed by atoms with Gasteiger partial charge in [-0.3, -0.25) is 4.79 Å². The third-order valence-electron chi connectivity index (χ3n) is 6.43. The van der Waals surface area contributed by atoms with Gasteiger partial charge >= 0.3 is 6.18 Å². The molecule has 0 radical (unpaired) electrons. The fourth-order valence-electron chi connectivity index (χ4n) is 4.23. The first-order chi connectivity index (χ1) is 16.7. The number of benzene rings is 2. The Morgan fingerprint density at radius 1 is 1.03 bits per heavy atom. The Balaban J connectivity index is 1.39. The van der Waals surface area contributed by atoms with E-state index in [4.69, 9.17) is 4.84 Å². The van der Waals surface area contributed by atoms with Gasteiger partial charge in [0, 0.05) is 42.0 Å². The Labute approximate surface area is 200 Å². The number of hydrogen-bond acceptors (Lipinski definition) is 5. The number of rotatable bonds is 5. The monoisotopic (exact) mass is 480 g/mol. The predicted molar refractivity (Wildman–Crippen MR) is 124 cm³/mol. The van der Waals surface area contributed by atoms with Crippen LogP contribution in [0.15, 0.2) is 60.0 Å². The number of oxime groups is 1. The first-order valence-electron chi connectivity index (χ1n) is 11.3. The highest BCUT2D eigenvalue weighted by atomic mass is 19.4. The highest BCUT2D eigenvalue weighted by Crippen LogP contribution is 2.43. The predicted octanol–water partition coefficient (Wildman–Crippen LogP) is 5.45. The molecule has 0 bridgehead atoms. The van der Waals surface area contributed by atoms with Gasteiger partial charge in [-0.1, -0.05) is 35.0 Å². The van der Waals surface area contributed by atoms with E-state index in [1.54, 1.807) is 12.1 Å². The Bertz CT molecular complexity index is 1280. The Kier molecular flexibility index (Phi) is 5.78. The summed E-state index contributed by atoms with van der Waals surface area (Å²) in [6.45, 7) is 2.00. The number of carbonyl (C=O) groups is 1. The lowest BCUT2D eigenvalue weighted by Crippen LogP contribution is -2.36. The Morgan fingerprint density at radius 3 is 2.31 bits per heavy atom.